The third kappa shape index (κ3) is 3.66. The molecule has 0 aliphatic carbocycles. The van der Waals surface area contributed by atoms with Crippen molar-refractivity contribution in [1.29, 1.82) is 0 Å². The van der Waals surface area contributed by atoms with E-state index in [1.54, 1.807) is 0 Å². The first-order valence-corrected chi connectivity index (χ1v) is 4.51. The van der Waals surface area contributed by atoms with Gasteiger partial charge in [-0.1, -0.05) is 0 Å². The average Bonchev–Trinajstić information content (AvgIpc) is 2.27. The van der Waals surface area contributed by atoms with Crippen molar-refractivity contribution in [3.63, 3.8) is 0 Å². The Bertz CT molecular complexity index is 488. The van der Waals surface area contributed by atoms with Crippen LogP contribution in [0.4, 0.5) is 22.0 Å². The first-order valence-electron chi connectivity index (χ1n) is 4.51. The maximum absolute atomic E-state index is 12.5. The van der Waals surface area contributed by atoms with Crippen molar-refractivity contribution in [3.8, 4) is 11.6 Å². The molecule has 1 heterocycles. The number of ether oxygens (including phenoxy) is 2. The molecule has 0 bridgehead atoms. The van der Waals surface area contributed by atoms with E-state index in [0.29, 0.717) is 0 Å². The number of methoxy groups -OCH3 is 1. The molecule has 19 heavy (non-hydrogen) atoms. The summed E-state index contributed by atoms with van der Waals surface area (Å²) in [4.78, 5) is 14.1. The fourth-order valence-corrected chi connectivity index (χ4v) is 1.11. The monoisotopic (exact) mass is 287 g/mol. The molecule has 0 saturated heterocycles. The Labute approximate surface area is 102 Å². The molecule has 0 atom stereocenters. The number of hydrogen-bond acceptors (Lipinski definition) is 5. The van der Waals surface area contributed by atoms with Crippen LogP contribution in [0.2, 0.25) is 0 Å². The molecule has 0 aliphatic rings. The summed E-state index contributed by atoms with van der Waals surface area (Å²) in [6.07, 6.45) is -8.52. The molecular formula is C9H6F5NO4. The maximum Gasteiger partial charge on any atom is 0.574 e. The zero-order valence-electron chi connectivity index (χ0n) is 9.16. The third-order valence-corrected chi connectivity index (χ3v) is 1.83. The molecule has 0 radical (unpaired) electrons. The summed E-state index contributed by atoms with van der Waals surface area (Å²) < 4.78 is 68.3. The number of carbonyl (C=O) groups is 1. The van der Waals surface area contributed by atoms with Crippen molar-refractivity contribution in [2.45, 2.75) is 12.8 Å². The van der Waals surface area contributed by atoms with E-state index in [0.717, 1.165) is 7.11 Å². The Morgan fingerprint density at radius 2 is 2.00 bits per heavy atom. The van der Waals surface area contributed by atoms with Gasteiger partial charge >= 0.3 is 12.3 Å². The predicted octanol–water partition coefficient (Wildman–Crippen LogP) is 2.41. The Kier molecular flexibility index (Phi) is 4.12. The topological polar surface area (TPSA) is 68.7 Å². The molecule has 0 spiro atoms. The summed E-state index contributed by atoms with van der Waals surface area (Å²) >= 11 is 0. The van der Waals surface area contributed by atoms with Crippen LogP contribution in [-0.2, 0) is 4.74 Å². The van der Waals surface area contributed by atoms with Crippen molar-refractivity contribution in [2.75, 3.05) is 7.11 Å². The second-order valence-corrected chi connectivity index (χ2v) is 3.09. The van der Waals surface area contributed by atoms with E-state index in [1.807, 2.05) is 0 Å². The van der Waals surface area contributed by atoms with Gasteiger partial charge in [0.2, 0.25) is 5.88 Å². The standard InChI is InChI=1S/C9H6F5NO4/c1-18-8(17)5-6(16)3(7(10)11)2-4(15-5)19-9(12,13)14/h2,7,16H,1H3. The number of esters is 1. The molecule has 1 rings (SSSR count). The van der Waals surface area contributed by atoms with Gasteiger partial charge in [0.15, 0.2) is 11.4 Å². The van der Waals surface area contributed by atoms with Crippen LogP contribution in [0.5, 0.6) is 11.6 Å². The van der Waals surface area contributed by atoms with Gasteiger partial charge in [0.25, 0.3) is 6.43 Å². The van der Waals surface area contributed by atoms with E-state index in [1.165, 1.54) is 0 Å². The van der Waals surface area contributed by atoms with Crippen LogP contribution in [0.3, 0.4) is 0 Å². The Morgan fingerprint density at radius 3 is 2.42 bits per heavy atom. The number of aromatic nitrogens is 1. The van der Waals surface area contributed by atoms with Gasteiger partial charge in [-0.25, -0.2) is 18.6 Å². The van der Waals surface area contributed by atoms with Crippen molar-refractivity contribution in [3.05, 3.63) is 17.3 Å². The van der Waals surface area contributed by atoms with Crippen LogP contribution in [0.15, 0.2) is 6.07 Å². The van der Waals surface area contributed by atoms with Gasteiger partial charge in [0.05, 0.1) is 12.7 Å². The number of nitrogens with zero attached hydrogens (tertiary/aromatic N) is 1. The van der Waals surface area contributed by atoms with E-state index in [-0.39, 0.29) is 6.07 Å². The normalized spacial score (nSPS) is 11.5. The number of aromatic hydroxyl groups is 1. The Morgan fingerprint density at radius 1 is 1.42 bits per heavy atom. The minimum Gasteiger partial charge on any atom is -0.505 e. The largest absolute Gasteiger partial charge is 0.574 e. The molecule has 5 nitrogen and oxygen atoms in total. The molecule has 1 N–H and O–H groups in total. The van der Waals surface area contributed by atoms with E-state index < -0.39 is 41.6 Å². The minimum atomic E-state index is -5.18. The summed E-state index contributed by atoms with van der Waals surface area (Å²) in [5.41, 5.74) is -2.32. The Hall–Kier alpha value is -2.13. The van der Waals surface area contributed by atoms with E-state index in [9.17, 15) is 31.9 Å². The highest BCUT2D eigenvalue weighted by Gasteiger charge is 2.34. The number of carbonyl (C=O) groups excluding carboxylic acids is 1. The lowest BCUT2D eigenvalue weighted by Gasteiger charge is -2.12. The molecule has 0 saturated carbocycles. The van der Waals surface area contributed by atoms with Crippen molar-refractivity contribution >= 4 is 5.97 Å². The minimum absolute atomic E-state index is 0.180. The fourth-order valence-electron chi connectivity index (χ4n) is 1.11. The molecule has 0 fully saturated rings. The van der Waals surface area contributed by atoms with Crippen molar-refractivity contribution in [1.82, 2.24) is 4.98 Å². The molecule has 1 aromatic heterocycles. The molecule has 0 amide bonds. The van der Waals surface area contributed by atoms with E-state index >= 15 is 0 Å². The number of alkyl halides is 5. The number of hydrogen-bond donors (Lipinski definition) is 1. The maximum atomic E-state index is 12.5. The van der Waals surface area contributed by atoms with Crippen LogP contribution < -0.4 is 4.74 Å². The lowest BCUT2D eigenvalue weighted by molar-refractivity contribution is -0.276. The number of rotatable bonds is 3. The first kappa shape index (κ1) is 14.9. The molecule has 106 valence electrons. The quantitative estimate of drug-likeness (QED) is 0.683. The van der Waals surface area contributed by atoms with Gasteiger partial charge in [0.1, 0.15) is 0 Å². The number of halogens is 5. The summed E-state index contributed by atoms with van der Waals surface area (Å²) in [6, 6.07) is 0.180. The van der Waals surface area contributed by atoms with Gasteiger partial charge in [-0.2, -0.15) is 0 Å². The van der Waals surface area contributed by atoms with Gasteiger partial charge in [-0.3, -0.25) is 0 Å². The number of pyridine rings is 1. The smallest absolute Gasteiger partial charge is 0.505 e. The van der Waals surface area contributed by atoms with Crippen LogP contribution in [-0.4, -0.2) is 29.5 Å². The predicted molar refractivity (Wildman–Crippen MR) is 48.9 cm³/mol. The van der Waals surface area contributed by atoms with Gasteiger partial charge < -0.3 is 14.6 Å². The summed E-state index contributed by atoms with van der Waals surface area (Å²) in [5.74, 6) is -3.95. The molecule has 0 aliphatic heterocycles. The second kappa shape index (κ2) is 5.24. The van der Waals surface area contributed by atoms with Crippen LogP contribution >= 0.6 is 0 Å². The molecule has 10 heteroatoms. The van der Waals surface area contributed by atoms with Crippen LogP contribution in [0.1, 0.15) is 22.5 Å². The molecule has 0 unspecified atom stereocenters. The summed E-state index contributed by atoms with van der Waals surface area (Å²) in [7, 11) is 0.836. The summed E-state index contributed by atoms with van der Waals surface area (Å²) in [6.45, 7) is 0. The highest BCUT2D eigenvalue weighted by Crippen LogP contribution is 2.34. The highest BCUT2D eigenvalue weighted by molar-refractivity contribution is 5.90. The Balaban J connectivity index is 3.35. The van der Waals surface area contributed by atoms with Gasteiger partial charge in [-0.05, 0) is 0 Å². The van der Waals surface area contributed by atoms with E-state index in [2.05, 4.69) is 14.5 Å². The highest BCUT2D eigenvalue weighted by atomic mass is 19.4. The third-order valence-electron chi connectivity index (χ3n) is 1.83. The first-order chi connectivity index (χ1) is 8.65. The van der Waals surface area contributed by atoms with Crippen molar-refractivity contribution in [2.24, 2.45) is 0 Å². The summed E-state index contributed by atoms with van der Waals surface area (Å²) in [5, 5.41) is 9.30. The molecular weight excluding hydrogens is 281 g/mol. The zero-order valence-corrected chi connectivity index (χ0v) is 9.16. The lowest BCUT2D eigenvalue weighted by atomic mass is 10.2. The lowest BCUT2D eigenvalue weighted by Crippen LogP contribution is -2.19. The van der Waals surface area contributed by atoms with Gasteiger partial charge in [-0.15, -0.1) is 13.2 Å². The van der Waals surface area contributed by atoms with Crippen LogP contribution in [0.25, 0.3) is 0 Å². The SMILES string of the molecule is COC(=O)c1nc(OC(F)(F)F)cc(C(F)F)c1O. The zero-order chi connectivity index (χ0) is 14.8. The molecule has 0 aromatic carbocycles. The fraction of sp³-hybridized carbons (Fsp3) is 0.333. The van der Waals surface area contributed by atoms with Crippen LogP contribution in [0, 0.1) is 0 Å². The molecule has 1 aromatic rings. The van der Waals surface area contributed by atoms with Crippen molar-refractivity contribution < 1.29 is 41.3 Å². The van der Waals surface area contributed by atoms with Gasteiger partial charge in [0, 0.05) is 6.07 Å². The second-order valence-electron chi connectivity index (χ2n) is 3.09. The average molecular weight is 287 g/mol. The van der Waals surface area contributed by atoms with E-state index in [4.69, 9.17) is 0 Å².